The quantitative estimate of drug-likeness (QED) is 0.703. The first-order valence-electron chi connectivity index (χ1n) is 9.24. The molecule has 25 heavy (non-hydrogen) atoms. The van der Waals surface area contributed by atoms with Gasteiger partial charge in [-0.2, -0.15) is 0 Å². The summed E-state index contributed by atoms with van der Waals surface area (Å²) in [5.74, 6) is 0.452. The molecule has 3 heteroatoms. The molecule has 0 amide bonds. The number of benzene rings is 2. The van der Waals surface area contributed by atoms with Crippen molar-refractivity contribution in [3.05, 3.63) is 71.7 Å². The van der Waals surface area contributed by atoms with Gasteiger partial charge in [0.1, 0.15) is 5.82 Å². The van der Waals surface area contributed by atoms with E-state index in [1.165, 1.54) is 42.1 Å². The molecule has 1 heterocycles. The Morgan fingerprint density at radius 1 is 1.08 bits per heavy atom. The molecule has 0 bridgehead atoms. The SMILES string of the molecule is CNC1CCCC(c2cn(Cc3ccccc3F)c3ccccc23)C1. The lowest BCUT2D eigenvalue weighted by Crippen LogP contribution is -2.30. The normalized spacial score (nSPS) is 20.9. The number of hydrogen-bond donors (Lipinski definition) is 1. The van der Waals surface area contributed by atoms with Gasteiger partial charge in [0.2, 0.25) is 0 Å². The summed E-state index contributed by atoms with van der Waals surface area (Å²) in [6.07, 6.45) is 7.22. The van der Waals surface area contributed by atoms with E-state index in [-0.39, 0.29) is 5.82 Å². The number of hydrogen-bond acceptors (Lipinski definition) is 1. The first kappa shape index (κ1) is 16.3. The zero-order chi connectivity index (χ0) is 17.2. The Labute approximate surface area is 148 Å². The number of nitrogens with one attached hydrogen (secondary N) is 1. The average Bonchev–Trinajstić information content (AvgIpc) is 3.02. The van der Waals surface area contributed by atoms with Crippen LogP contribution in [0.2, 0.25) is 0 Å². The first-order chi connectivity index (χ1) is 12.3. The Bertz CT molecular complexity index is 867. The molecule has 130 valence electrons. The largest absolute Gasteiger partial charge is 0.343 e. The molecule has 2 atom stereocenters. The summed E-state index contributed by atoms with van der Waals surface area (Å²) in [7, 11) is 2.06. The summed E-state index contributed by atoms with van der Waals surface area (Å²) in [5.41, 5.74) is 3.37. The minimum Gasteiger partial charge on any atom is -0.343 e. The third-order valence-corrected chi connectivity index (χ3v) is 5.64. The fourth-order valence-electron chi connectivity index (χ4n) is 4.28. The fraction of sp³-hybridized carbons (Fsp3) is 0.364. The van der Waals surface area contributed by atoms with Crippen LogP contribution in [0.15, 0.2) is 54.7 Å². The van der Waals surface area contributed by atoms with Crippen LogP contribution >= 0.6 is 0 Å². The number of fused-ring (bicyclic) bond motifs is 1. The fourth-order valence-corrected chi connectivity index (χ4v) is 4.28. The minimum absolute atomic E-state index is 0.130. The molecule has 4 rings (SSSR count). The third kappa shape index (κ3) is 3.21. The number of rotatable bonds is 4. The van der Waals surface area contributed by atoms with E-state index >= 15 is 0 Å². The Balaban J connectivity index is 1.73. The van der Waals surface area contributed by atoms with E-state index in [4.69, 9.17) is 0 Å². The summed E-state index contributed by atoms with van der Waals surface area (Å²) in [6, 6.07) is 16.2. The molecule has 0 aliphatic heterocycles. The summed E-state index contributed by atoms with van der Waals surface area (Å²) in [4.78, 5) is 0. The summed E-state index contributed by atoms with van der Waals surface area (Å²) in [5, 5.41) is 4.77. The van der Waals surface area contributed by atoms with Gasteiger partial charge < -0.3 is 9.88 Å². The van der Waals surface area contributed by atoms with Crippen LogP contribution in [0, 0.1) is 5.82 Å². The van der Waals surface area contributed by atoms with Crippen LogP contribution in [0.3, 0.4) is 0 Å². The van der Waals surface area contributed by atoms with Crippen LogP contribution in [0.1, 0.15) is 42.7 Å². The van der Waals surface area contributed by atoms with Crippen LogP contribution in [0.4, 0.5) is 4.39 Å². The molecule has 1 aromatic heterocycles. The number of aromatic nitrogens is 1. The van der Waals surface area contributed by atoms with Crippen molar-refractivity contribution in [3.8, 4) is 0 Å². The second kappa shape index (κ2) is 7.01. The van der Waals surface area contributed by atoms with Gasteiger partial charge in [0.05, 0.1) is 6.54 Å². The van der Waals surface area contributed by atoms with Gasteiger partial charge in [0.25, 0.3) is 0 Å². The van der Waals surface area contributed by atoms with E-state index < -0.39 is 0 Å². The van der Waals surface area contributed by atoms with Crippen molar-refractivity contribution < 1.29 is 4.39 Å². The molecule has 1 fully saturated rings. The van der Waals surface area contributed by atoms with Crippen molar-refractivity contribution >= 4 is 10.9 Å². The van der Waals surface area contributed by atoms with Gasteiger partial charge in [-0.1, -0.05) is 42.8 Å². The van der Waals surface area contributed by atoms with E-state index in [9.17, 15) is 4.39 Å². The zero-order valence-corrected chi connectivity index (χ0v) is 14.7. The predicted octanol–water partition coefficient (Wildman–Crippen LogP) is 5.07. The molecule has 3 aromatic rings. The molecule has 1 aliphatic rings. The van der Waals surface area contributed by atoms with Crippen LogP contribution in [-0.4, -0.2) is 17.7 Å². The minimum atomic E-state index is -0.130. The summed E-state index contributed by atoms with van der Waals surface area (Å²) >= 11 is 0. The Morgan fingerprint density at radius 2 is 1.88 bits per heavy atom. The van der Waals surface area contributed by atoms with Gasteiger partial charge in [-0.25, -0.2) is 4.39 Å². The Morgan fingerprint density at radius 3 is 2.72 bits per heavy atom. The van der Waals surface area contributed by atoms with E-state index in [0.717, 1.165) is 5.56 Å². The maximum atomic E-state index is 14.1. The van der Waals surface area contributed by atoms with Gasteiger partial charge in [0, 0.05) is 28.7 Å². The molecule has 2 unspecified atom stereocenters. The van der Waals surface area contributed by atoms with Crippen molar-refractivity contribution in [1.29, 1.82) is 0 Å². The molecule has 1 N–H and O–H groups in total. The maximum Gasteiger partial charge on any atom is 0.128 e. The highest BCUT2D eigenvalue weighted by atomic mass is 19.1. The first-order valence-corrected chi connectivity index (χ1v) is 9.24. The topological polar surface area (TPSA) is 17.0 Å². The van der Waals surface area contributed by atoms with Gasteiger partial charge in [-0.3, -0.25) is 0 Å². The predicted molar refractivity (Wildman–Crippen MR) is 101 cm³/mol. The second-order valence-electron chi connectivity index (χ2n) is 7.17. The highest BCUT2D eigenvalue weighted by molar-refractivity contribution is 5.84. The van der Waals surface area contributed by atoms with Crippen molar-refractivity contribution in [3.63, 3.8) is 0 Å². The van der Waals surface area contributed by atoms with E-state index in [0.29, 0.717) is 18.5 Å². The smallest absolute Gasteiger partial charge is 0.128 e. The molecule has 0 radical (unpaired) electrons. The van der Waals surface area contributed by atoms with Gasteiger partial charge in [-0.05, 0) is 49.9 Å². The average molecular weight is 336 g/mol. The van der Waals surface area contributed by atoms with Crippen molar-refractivity contribution in [2.75, 3.05) is 7.05 Å². The molecule has 2 aromatic carbocycles. The number of para-hydroxylation sites is 1. The summed E-state index contributed by atoms with van der Waals surface area (Å²) < 4.78 is 16.3. The van der Waals surface area contributed by atoms with Crippen LogP contribution in [-0.2, 0) is 6.54 Å². The highest BCUT2D eigenvalue weighted by Crippen LogP contribution is 2.37. The Kier molecular flexibility index (Phi) is 4.58. The standard InChI is InChI=1S/C22H25FN2/c1-24-18-9-6-8-16(13-18)20-15-25(22-12-5-3-10-19(20)22)14-17-7-2-4-11-21(17)23/h2-5,7,10-12,15-16,18,24H,6,8-9,13-14H2,1H3. The van der Waals surface area contributed by atoms with Crippen molar-refractivity contribution in [1.82, 2.24) is 9.88 Å². The van der Waals surface area contributed by atoms with Gasteiger partial charge in [-0.15, -0.1) is 0 Å². The van der Waals surface area contributed by atoms with E-state index in [1.54, 1.807) is 12.1 Å². The zero-order valence-electron chi connectivity index (χ0n) is 14.7. The van der Waals surface area contributed by atoms with E-state index in [1.807, 2.05) is 12.1 Å². The van der Waals surface area contributed by atoms with Crippen molar-refractivity contribution in [2.45, 2.75) is 44.2 Å². The maximum absolute atomic E-state index is 14.1. The third-order valence-electron chi connectivity index (χ3n) is 5.64. The molecule has 2 nitrogen and oxygen atoms in total. The lowest BCUT2D eigenvalue weighted by Gasteiger charge is -2.28. The second-order valence-corrected chi connectivity index (χ2v) is 7.17. The van der Waals surface area contributed by atoms with Gasteiger partial charge in [0.15, 0.2) is 0 Å². The number of halogens is 1. The Hall–Kier alpha value is -2.13. The van der Waals surface area contributed by atoms with Crippen molar-refractivity contribution in [2.24, 2.45) is 0 Å². The monoisotopic (exact) mass is 336 g/mol. The highest BCUT2D eigenvalue weighted by Gasteiger charge is 2.25. The van der Waals surface area contributed by atoms with Gasteiger partial charge >= 0.3 is 0 Å². The molecule has 0 saturated heterocycles. The van der Waals surface area contributed by atoms with Crippen LogP contribution < -0.4 is 5.32 Å². The number of nitrogens with zero attached hydrogens (tertiary/aromatic N) is 1. The van der Waals surface area contributed by atoms with Crippen LogP contribution in [0.25, 0.3) is 10.9 Å². The van der Waals surface area contributed by atoms with E-state index in [2.05, 4.69) is 47.4 Å². The lowest BCUT2D eigenvalue weighted by atomic mass is 9.81. The molecular formula is C22H25FN2. The van der Waals surface area contributed by atoms with Crippen LogP contribution in [0.5, 0.6) is 0 Å². The molecule has 1 saturated carbocycles. The summed E-state index contributed by atoms with van der Waals surface area (Å²) in [6.45, 7) is 0.579. The molecule has 1 aliphatic carbocycles. The molecule has 0 spiro atoms. The molecular weight excluding hydrogens is 311 g/mol. The lowest BCUT2D eigenvalue weighted by molar-refractivity contribution is 0.356.